The Labute approximate surface area is 112 Å². The number of carbonyl (C=O) groups is 2. The van der Waals surface area contributed by atoms with Gasteiger partial charge in [0.2, 0.25) is 0 Å². The molecule has 0 rings (SSSR count). The van der Waals surface area contributed by atoms with E-state index in [4.69, 9.17) is 19.3 Å². The third-order valence-electron chi connectivity index (χ3n) is 2.40. The Balaban J connectivity index is 3.87. The van der Waals surface area contributed by atoms with E-state index in [2.05, 4.69) is 10.6 Å². The summed E-state index contributed by atoms with van der Waals surface area (Å²) in [5.41, 5.74) is 0. The fourth-order valence-electron chi connectivity index (χ4n) is 1.31. The molecule has 0 saturated heterocycles. The number of carbonyl (C=O) groups excluding carboxylic acids is 1. The summed E-state index contributed by atoms with van der Waals surface area (Å²) < 4.78 is 14.9. The number of rotatable bonds is 10. The third kappa shape index (κ3) is 9.23. The van der Waals surface area contributed by atoms with Crippen LogP contribution in [-0.2, 0) is 19.0 Å². The predicted octanol–water partition coefficient (Wildman–Crippen LogP) is -0.563. The lowest BCUT2D eigenvalue weighted by Gasteiger charge is -2.17. The van der Waals surface area contributed by atoms with E-state index in [1.165, 1.54) is 14.2 Å². The lowest BCUT2D eigenvalue weighted by Crippen LogP contribution is -2.44. The molecule has 2 amide bonds. The van der Waals surface area contributed by atoms with Crippen LogP contribution < -0.4 is 10.6 Å². The van der Waals surface area contributed by atoms with E-state index in [1.54, 1.807) is 7.11 Å². The third-order valence-corrected chi connectivity index (χ3v) is 2.40. The lowest BCUT2D eigenvalue weighted by molar-refractivity contribution is -0.139. The zero-order valence-corrected chi connectivity index (χ0v) is 11.5. The number of hydrogen-bond donors (Lipinski definition) is 3. The topological polar surface area (TPSA) is 106 Å². The van der Waals surface area contributed by atoms with Gasteiger partial charge < -0.3 is 30.0 Å². The SMILES string of the molecule is COCC(CNC(=O)NCC(CC(=O)O)OC)OC. The summed E-state index contributed by atoms with van der Waals surface area (Å²) in [6.07, 6.45) is -0.949. The maximum absolute atomic E-state index is 11.5. The first-order chi connectivity index (χ1) is 9.03. The molecular formula is C11H22N2O6. The Morgan fingerprint density at radius 2 is 1.58 bits per heavy atom. The monoisotopic (exact) mass is 278 g/mol. The minimum Gasteiger partial charge on any atom is -0.481 e. The van der Waals surface area contributed by atoms with Crippen molar-refractivity contribution in [2.45, 2.75) is 18.6 Å². The number of carboxylic acids is 1. The number of urea groups is 1. The van der Waals surface area contributed by atoms with Crippen LogP contribution in [0, 0.1) is 0 Å². The second-order valence-corrected chi connectivity index (χ2v) is 3.86. The highest BCUT2D eigenvalue weighted by Crippen LogP contribution is 1.95. The maximum Gasteiger partial charge on any atom is 0.314 e. The van der Waals surface area contributed by atoms with Gasteiger partial charge in [0.1, 0.15) is 0 Å². The standard InChI is InChI=1S/C11H22N2O6/c1-17-7-9(19-3)6-13-11(16)12-5-8(18-2)4-10(14)15/h8-9H,4-7H2,1-3H3,(H,14,15)(H2,12,13,16). The summed E-state index contributed by atoms with van der Waals surface area (Å²) in [6.45, 7) is 0.791. The largest absolute Gasteiger partial charge is 0.481 e. The van der Waals surface area contributed by atoms with Gasteiger partial charge in [-0.15, -0.1) is 0 Å². The Morgan fingerprint density at radius 1 is 1.05 bits per heavy atom. The number of amides is 2. The van der Waals surface area contributed by atoms with E-state index in [-0.39, 0.29) is 19.1 Å². The molecule has 19 heavy (non-hydrogen) atoms. The van der Waals surface area contributed by atoms with Crippen molar-refractivity contribution in [1.29, 1.82) is 0 Å². The van der Waals surface area contributed by atoms with Crippen molar-refractivity contribution in [3.05, 3.63) is 0 Å². The molecule has 8 heteroatoms. The smallest absolute Gasteiger partial charge is 0.314 e. The highest BCUT2D eigenvalue weighted by molar-refractivity contribution is 5.74. The van der Waals surface area contributed by atoms with E-state index in [0.29, 0.717) is 13.2 Å². The fraction of sp³-hybridized carbons (Fsp3) is 0.818. The number of nitrogens with one attached hydrogen (secondary N) is 2. The van der Waals surface area contributed by atoms with Crippen molar-refractivity contribution in [2.75, 3.05) is 41.0 Å². The molecule has 0 aromatic heterocycles. The van der Waals surface area contributed by atoms with E-state index >= 15 is 0 Å². The number of hydrogen-bond acceptors (Lipinski definition) is 5. The molecule has 0 fully saturated rings. The van der Waals surface area contributed by atoms with Gasteiger partial charge in [0.15, 0.2) is 0 Å². The molecular weight excluding hydrogens is 256 g/mol. The van der Waals surface area contributed by atoms with Gasteiger partial charge in [-0.3, -0.25) is 4.79 Å². The quantitative estimate of drug-likeness (QED) is 0.494. The highest BCUT2D eigenvalue weighted by atomic mass is 16.5. The van der Waals surface area contributed by atoms with Crippen LogP contribution in [0.2, 0.25) is 0 Å². The van der Waals surface area contributed by atoms with E-state index < -0.39 is 18.1 Å². The molecule has 112 valence electrons. The normalized spacial score (nSPS) is 13.6. The molecule has 0 aliphatic heterocycles. The zero-order chi connectivity index (χ0) is 14.7. The van der Waals surface area contributed by atoms with E-state index in [9.17, 15) is 9.59 Å². The van der Waals surface area contributed by atoms with Crippen LogP contribution in [0.1, 0.15) is 6.42 Å². The Hall–Kier alpha value is -1.38. The van der Waals surface area contributed by atoms with Gasteiger partial charge in [0, 0.05) is 34.4 Å². The predicted molar refractivity (Wildman–Crippen MR) is 67.1 cm³/mol. The van der Waals surface area contributed by atoms with Gasteiger partial charge in [-0.05, 0) is 0 Å². The Kier molecular flexibility index (Phi) is 9.77. The number of carboxylic acid groups (broad SMARTS) is 1. The van der Waals surface area contributed by atoms with Crippen molar-refractivity contribution < 1.29 is 28.9 Å². The van der Waals surface area contributed by atoms with Crippen molar-refractivity contribution >= 4 is 12.0 Å². The van der Waals surface area contributed by atoms with Crippen LogP contribution in [0.3, 0.4) is 0 Å². The fourth-order valence-corrected chi connectivity index (χ4v) is 1.31. The van der Waals surface area contributed by atoms with Gasteiger partial charge >= 0.3 is 12.0 Å². The summed E-state index contributed by atoms with van der Waals surface area (Å²) in [5, 5.41) is 13.7. The van der Waals surface area contributed by atoms with Crippen molar-refractivity contribution in [2.24, 2.45) is 0 Å². The minimum atomic E-state index is -0.978. The van der Waals surface area contributed by atoms with Gasteiger partial charge in [-0.2, -0.15) is 0 Å². The molecule has 0 saturated carbocycles. The molecule has 0 spiro atoms. The molecule has 0 aromatic rings. The van der Waals surface area contributed by atoms with Gasteiger partial charge in [0.05, 0.1) is 25.2 Å². The van der Waals surface area contributed by atoms with E-state index in [1.807, 2.05) is 0 Å². The van der Waals surface area contributed by atoms with Gasteiger partial charge in [0.25, 0.3) is 0 Å². The van der Waals surface area contributed by atoms with Crippen LogP contribution in [-0.4, -0.2) is 70.3 Å². The van der Waals surface area contributed by atoms with Crippen LogP contribution in [0.15, 0.2) is 0 Å². The zero-order valence-electron chi connectivity index (χ0n) is 11.5. The first-order valence-corrected chi connectivity index (χ1v) is 5.81. The Bertz CT molecular complexity index is 274. The van der Waals surface area contributed by atoms with Crippen LogP contribution in [0.25, 0.3) is 0 Å². The average Bonchev–Trinajstić information content (AvgIpc) is 2.38. The van der Waals surface area contributed by atoms with Crippen molar-refractivity contribution in [1.82, 2.24) is 10.6 Å². The van der Waals surface area contributed by atoms with Crippen LogP contribution in [0.4, 0.5) is 4.79 Å². The van der Waals surface area contributed by atoms with Crippen molar-refractivity contribution in [3.63, 3.8) is 0 Å². The molecule has 0 heterocycles. The van der Waals surface area contributed by atoms with Gasteiger partial charge in [-0.25, -0.2) is 4.79 Å². The molecule has 0 aliphatic rings. The van der Waals surface area contributed by atoms with E-state index in [0.717, 1.165) is 0 Å². The summed E-state index contributed by atoms with van der Waals surface area (Å²) in [7, 11) is 4.46. The highest BCUT2D eigenvalue weighted by Gasteiger charge is 2.14. The molecule has 2 atom stereocenters. The van der Waals surface area contributed by atoms with Gasteiger partial charge in [-0.1, -0.05) is 0 Å². The number of ether oxygens (including phenoxy) is 3. The maximum atomic E-state index is 11.5. The van der Waals surface area contributed by atoms with Crippen LogP contribution in [0.5, 0.6) is 0 Å². The summed E-state index contributed by atoms with van der Waals surface area (Å²) >= 11 is 0. The average molecular weight is 278 g/mol. The molecule has 2 unspecified atom stereocenters. The molecule has 8 nitrogen and oxygen atoms in total. The van der Waals surface area contributed by atoms with Crippen molar-refractivity contribution in [3.8, 4) is 0 Å². The second kappa shape index (κ2) is 10.5. The molecule has 0 bridgehead atoms. The molecule has 0 aliphatic carbocycles. The summed E-state index contributed by atoms with van der Waals surface area (Å²) in [4.78, 5) is 22.0. The minimum absolute atomic E-state index is 0.122. The second-order valence-electron chi connectivity index (χ2n) is 3.86. The molecule has 0 aromatic carbocycles. The molecule has 0 radical (unpaired) electrons. The first kappa shape index (κ1) is 17.6. The summed E-state index contributed by atoms with van der Waals surface area (Å²) in [6, 6.07) is -0.411. The lowest BCUT2D eigenvalue weighted by atomic mass is 10.2. The number of aliphatic carboxylic acids is 1. The first-order valence-electron chi connectivity index (χ1n) is 5.81. The Morgan fingerprint density at radius 3 is 2.00 bits per heavy atom. The number of methoxy groups -OCH3 is 3. The summed E-state index contributed by atoms with van der Waals surface area (Å²) in [5.74, 6) is -0.978. The van der Waals surface area contributed by atoms with Crippen LogP contribution >= 0.6 is 0 Å². The molecule has 3 N–H and O–H groups in total.